The van der Waals surface area contributed by atoms with Gasteiger partial charge in [0.1, 0.15) is 11.3 Å². The number of nitrogens with zero attached hydrogens (tertiary/aromatic N) is 2. The van der Waals surface area contributed by atoms with E-state index in [2.05, 4.69) is 46.7 Å². The van der Waals surface area contributed by atoms with Crippen LogP contribution in [0.4, 0.5) is 5.13 Å². The molecule has 3 aromatic carbocycles. The number of hydrogen-bond donors (Lipinski definition) is 1. The van der Waals surface area contributed by atoms with Crippen LogP contribution in [0.3, 0.4) is 0 Å². The zero-order valence-corrected chi connectivity index (χ0v) is 20.5. The Morgan fingerprint density at radius 1 is 1.06 bits per heavy atom. The van der Waals surface area contributed by atoms with Gasteiger partial charge >= 0.3 is 5.97 Å². The molecule has 0 amide bonds. The Labute approximate surface area is 208 Å². The van der Waals surface area contributed by atoms with E-state index in [4.69, 9.17) is 14.2 Å². The number of ether oxygens (including phenoxy) is 3. The molecular weight excluding hydrogens is 462 g/mol. The van der Waals surface area contributed by atoms with Crippen molar-refractivity contribution in [3.05, 3.63) is 88.8 Å². The Hall–Kier alpha value is -4.17. The average molecular weight is 488 g/mol. The summed E-state index contributed by atoms with van der Waals surface area (Å²) in [5, 5.41) is 6.96. The number of aryl methyl sites for hydroxylation is 1. The highest BCUT2D eigenvalue weighted by atomic mass is 32.1. The van der Waals surface area contributed by atoms with Gasteiger partial charge in [-0.05, 0) is 49.7 Å². The van der Waals surface area contributed by atoms with Gasteiger partial charge in [-0.2, -0.15) is 5.10 Å². The maximum Gasteiger partial charge on any atom is 0.347 e. The second-order valence-corrected chi connectivity index (χ2v) is 8.36. The van der Waals surface area contributed by atoms with E-state index < -0.39 is 5.97 Å². The quantitative estimate of drug-likeness (QED) is 0.131. The monoisotopic (exact) mass is 487 g/mol. The summed E-state index contributed by atoms with van der Waals surface area (Å²) in [4.78, 5) is 17.3. The van der Waals surface area contributed by atoms with E-state index in [-0.39, 0.29) is 0 Å². The summed E-state index contributed by atoms with van der Waals surface area (Å²) < 4.78 is 16.5. The van der Waals surface area contributed by atoms with Gasteiger partial charge in [-0.3, -0.25) is 5.43 Å². The number of para-hydroxylation sites is 1. The molecule has 1 N–H and O–H groups in total. The van der Waals surface area contributed by atoms with Crippen molar-refractivity contribution < 1.29 is 19.0 Å². The third kappa shape index (κ3) is 6.04. The minimum atomic E-state index is -0.528. The van der Waals surface area contributed by atoms with E-state index in [1.807, 2.05) is 12.3 Å². The zero-order chi connectivity index (χ0) is 24.6. The predicted molar refractivity (Wildman–Crippen MR) is 139 cm³/mol. The highest BCUT2D eigenvalue weighted by Crippen LogP contribution is 2.30. The molecule has 0 bridgehead atoms. The molecule has 0 spiro atoms. The molecule has 0 aliphatic rings. The Kier molecular flexibility index (Phi) is 7.74. The smallest absolute Gasteiger partial charge is 0.347 e. The predicted octanol–water partition coefficient (Wildman–Crippen LogP) is 6.19. The molecule has 0 aliphatic heterocycles. The van der Waals surface area contributed by atoms with Gasteiger partial charge < -0.3 is 14.2 Å². The summed E-state index contributed by atoms with van der Waals surface area (Å²) in [6, 6.07) is 20.4. The number of thiazole rings is 1. The van der Waals surface area contributed by atoms with Gasteiger partial charge in [-0.25, -0.2) is 9.78 Å². The molecule has 0 fully saturated rings. The number of carbonyl (C=O) groups is 1. The number of methoxy groups -OCH3 is 1. The molecule has 178 valence electrons. The molecule has 8 heteroatoms. The number of hydrogen-bond acceptors (Lipinski definition) is 8. The van der Waals surface area contributed by atoms with Crippen molar-refractivity contribution in [1.82, 2.24) is 4.98 Å². The Bertz CT molecular complexity index is 1330. The molecule has 1 heterocycles. The van der Waals surface area contributed by atoms with Gasteiger partial charge in [0.15, 0.2) is 11.5 Å². The fourth-order valence-corrected chi connectivity index (χ4v) is 3.94. The summed E-state index contributed by atoms with van der Waals surface area (Å²) in [6.07, 6.45) is 1.65. The number of carbonyl (C=O) groups excluding carboxylic acids is 1. The van der Waals surface area contributed by atoms with Crippen LogP contribution in [0.1, 0.15) is 28.4 Å². The van der Waals surface area contributed by atoms with E-state index in [0.717, 1.165) is 16.8 Å². The summed E-state index contributed by atoms with van der Waals surface area (Å²) >= 11 is 1.48. The van der Waals surface area contributed by atoms with E-state index in [1.54, 1.807) is 48.7 Å². The molecule has 4 aromatic rings. The van der Waals surface area contributed by atoms with Crippen LogP contribution in [-0.4, -0.2) is 30.9 Å². The van der Waals surface area contributed by atoms with E-state index in [0.29, 0.717) is 34.6 Å². The molecule has 0 unspecified atom stereocenters. The summed E-state index contributed by atoms with van der Waals surface area (Å²) in [6.45, 7) is 4.33. The maximum atomic E-state index is 12.7. The average Bonchev–Trinajstić information content (AvgIpc) is 3.35. The molecule has 35 heavy (non-hydrogen) atoms. The Morgan fingerprint density at radius 3 is 2.63 bits per heavy atom. The van der Waals surface area contributed by atoms with Gasteiger partial charge in [0, 0.05) is 10.9 Å². The van der Waals surface area contributed by atoms with Crippen LogP contribution in [0.2, 0.25) is 0 Å². The zero-order valence-electron chi connectivity index (χ0n) is 19.6. The maximum absolute atomic E-state index is 12.7. The van der Waals surface area contributed by atoms with Crippen molar-refractivity contribution in [2.75, 3.05) is 19.1 Å². The van der Waals surface area contributed by atoms with Crippen LogP contribution in [-0.2, 0) is 0 Å². The van der Waals surface area contributed by atoms with Crippen LogP contribution >= 0.6 is 11.3 Å². The minimum Gasteiger partial charge on any atom is -0.496 e. The molecule has 4 rings (SSSR count). The number of nitrogens with one attached hydrogen (secondary N) is 1. The van der Waals surface area contributed by atoms with Crippen molar-refractivity contribution in [3.63, 3.8) is 0 Å². The number of benzene rings is 3. The summed E-state index contributed by atoms with van der Waals surface area (Å²) in [7, 11) is 1.51. The lowest BCUT2D eigenvalue weighted by molar-refractivity contribution is 0.0725. The topological polar surface area (TPSA) is 82.0 Å². The van der Waals surface area contributed by atoms with Crippen molar-refractivity contribution in [1.29, 1.82) is 0 Å². The number of anilines is 1. The van der Waals surface area contributed by atoms with Gasteiger partial charge in [0.25, 0.3) is 0 Å². The number of hydrazone groups is 1. The Morgan fingerprint density at radius 2 is 1.86 bits per heavy atom. The van der Waals surface area contributed by atoms with Gasteiger partial charge in [-0.1, -0.05) is 42.0 Å². The molecule has 0 saturated heterocycles. The summed E-state index contributed by atoms with van der Waals surface area (Å²) in [5.74, 6) is 0.670. The van der Waals surface area contributed by atoms with Crippen LogP contribution < -0.4 is 19.6 Å². The fraction of sp³-hybridized carbons (Fsp3) is 0.148. The third-order valence-corrected chi connectivity index (χ3v) is 5.77. The standard InChI is InChI=1S/C27H25N3O4S/c1-4-33-25-15-19(11-14-24(25)34-26(31)21-7-5-6-8-23(21)32-3)16-28-30-27-29-22(17-35-27)20-12-9-18(2)10-13-20/h5-17H,4H2,1-3H3,(H,29,30)/b28-16+. The lowest BCUT2D eigenvalue weighted by Gasteiger charge is -2.12. The second-order valence-electron chi connectivity index (χ2n) is 7.50. The van der Waals surface area contributed by atoms with E-state index >= 15 is 0 Å². The van der Waals surface area contributed by atoms with Crippen LogP contribution in [0.5, 0.6) is 17.2 Å². The largest absolute Gasteiger partial charge is 0.496 e. The molecule has 0 radical (unpaired) electrons. The number of rotatable bonds is 9. The van der Waals surface area contributed by atoms with Crippen molar-refractivity contribution in [2.45, 2.75) is 13.8 Å². The van der Waals surface area contributed by atoms with Gasteiger partial charge in [-0.15, -0.1) is 11.3 Å². The highest BCUT2D eigenvalue weighted by molar-refractivity contribution is 7.14. The molecular formula is C27H25N3O4S. The lowest BCUT2D eigenvalue weighted by atomic mass is 10.1. The fourth-order valence-electron chi connectivity index (χ4n) is 3.27. The van der Waals surface area contributed by atoms with Crippen molar-refractivity contribution in [2.24, 2.45) is 5.10 Å². The van der Waals surface area contributed by atoms with E-state index in [9.17, 15) is 4.79 Å². The molecule has 1 aromatic heterocycles. The first-order chi connectivity index (χ1) is 17.1. The summed E-state index contributed by atoms with van der Waals surface area (Å²) in [5.41, 5.74) is 7.23. The van der Waals surface area contributed by atoms with Crippen LogP contribution in [0.15, 0.2) is 77.2 Å². The molecule has 0 saturated carbocycles. The second kappa shape index (κ2) is 11.3. The molecule has 0 aliphatic carbocycles. The number of aromatic nitrogens is 1. The number of esters is 1. The van der Waals surface area contributed by atoms with Gasteiger partial charge in [0.2, 0.25) is 5.13 Å². The first-order valence-electron chi connectivity index (χ1n) is 11.0. The SMILES string of the molecule is CCOc1cc(/C=N/Nc2nc(-c3ccc(C)cc3)cs2)ccc1OC(=O)c1ccccc1OC. The normalized spacial score (nSPS) is 10.8. The highest BCUT2D eigenvalue weighted by Gasteiger charge is 2.17. The van der Waals surface area contributed by atoms with Crippen LogP contribution in [0, 0.1) is 6.92 Å². The van der Waals surface area contributed by atoms with Crippen molar-refractivity contribution >= 4 is 28.7 Å². The third-order valence-electron chi connectivity index (χ3n) is 5.02. The van der Waals surface area contributed by atoms with Gasteiger partial charge in [0.05, 0.1) is 25.6 Å². The first-order valence-corrected chi connectivity index (χ1v) is 11.9. The van der Waals surface area contributed by atoms with Crippen LogP contribution in [0.25, 0.3) is 11.3 Å². The Balaban J connectivity index is 1.45. The van der Waals surface area contributed by atoms with E-state index in [1.165, 1.54) is 24.0 Å². The molecule has 7 nitrogen and oxygen atoms in total. The molecule has 0 atom stereocenters. The first kappa shape index (κ1) is 24.0. The lowest BCUT2D eigenvalue weighted by Crippen LogP contribution is -2.11. The minimum absolute atomic E-state index is 0.315. The van der Waals surface area contributed by atoms with Crippen molar-refractivity contribution in [3.8, 4) is 28.5 Å².